The molecule has 0 spiro atoms. The maximum atomic E-state index is 12.2. The molecule has 2 N–H and O–H groups in total. The Bertz CT molecular complexity index is 458. The van der Waals surface area contributed by atoms with Crippen molar-refractivity contribution in [1.82, 2.24) is 0 Å². The van der Waals surface area contributed by atoms with E-state index in [-0.39, 0.29) is 11.8 Å². The van der Waals surface area contributed by atoms with Gasteiger partial charge >= 0.3 is 0 Å². The predicted octanol–water partition coefficient (Wildman–Crippen LogP) is 2.26. The number of anilines is 1. The molecule has 0 radical (unpaired) electrons. The Labute approximate surface area is 115 Å². The number of amides is 1. The lowest BCUT2D eigenvalue weighted by atomic mass is 10.1. The zero-order valence-corrected chi connectivity index (χ0v) is 12.5. The molecule has 106 valence electrons. The highest BCUT2D eigenvalue weighted by atomic mass is 16.5. The van der Waals surface area contributed by atoms with Crippen molar-refractivity contribution in [3.8, 4) is 5.75 Å². The lowest BCUT2D eigenvalue weighted by molar-refractivity contribution is -0.119. The summed E-state index contributed by atoms with van der Waals surface area (Å²) >= 11 is 0. The van der Waals surface area contributed by atoms with E-state index in [2.05, 4.69) is 0 Å². The first-order valence-electron chi connectivity index (χ1n) is 6.52. The van der Waals surface area contributed by atoms with Gasteiger partial charge in [-0.05, 0) is 49.6 Å². The number of aryl methyl sites for hydroxylation is 2. The molecule has 1 aromatic rings. The van der Waals surface area contributed by atoms with Crippen LogP contribution in [0.4, 0.5) is 5.69 Å². The summed E-state index contributed by atoms with van der Waals surface area (Å²) < 4.78 is 5.37. The smallest absolute Gasteiger partial charge is 0.227 e. The lowest BCUT2D eigenvalue weighted by Gasteiger charge is -2.22. The van der Waals surface area contributed by atoms with Crippen LogP contribution in [-0.4, -0.2) is 26.6 Å². The second-order valence-corrected chi connectivity index (χ2v) is 5.11. The summed E-state index contributed by atoms with van der Waals surface area (Å²) in [6.07, 6.45) is 0.447. The van der Waals surface area contributed by atoms with Crippen LogP contribution in [0.15, 0.2) is 12.1 Å². The average molecular weight is 264 g/mol. The number of hydrogen-bond acceptors (Lipinski definition) is 3. The lowest BCUT2D eigenvalue weighted by Crippen LogP contribution is -2.29. The van der Waals surface area contributed by atoms with E-state index < -0.39 is 0 Å². The molecule has 0 aliphatic rings. The van der Waals surface area contributed by atoms with E-state index in [1.807, 2.05) is 32.9 Å². The molecular weight excluding hydrogens is 240 g/mol. The number of hydrogen-bond donors (Lipinski definition) is 1. The molecule has 4 nitrogen and oxygen atoms in total. The van der Waals surface area contributed by atoms with Crippen molar-refractivity contribution in [3.05, 3.63) is 23.3 Å². The summed E-state index contributed by atoms with van der Waals surface area (Å²) in [5.41, 5.74) is 8.66. The quantitative estimate of drug-likeness (QED) is 0.887. The fourth-order valence-corrected chi connectivity index (χ4v) is 1.85. The highest BCUT2D eigenvalue weighted by Crippen LogP contribution is 2.31. The van der Waals surface area contributed by atoms with Gasteiger partial charge in [-0.25, -0.2) is 0 Å². The van der Waals surface area contributed by atoms with Crippen LogP contribution < -0.4 is 15.4 Å². The highest BCUT2D eigenvalue weighted by molar-refractivity contribution is 5.94. The summed E-state index contributed by atoms with van der Waals surface area (Å²) in [7, 11) is 3.40. The van der Waals surface area contributed by atoms with Gasteiger partial charge in [0.05, 0.1) is 12.8 Å². The van der Waals surface area contributed by atoms with Crippen molar-refractivity contribution in [2.75, 3.05) is 25.6 Å². The normalized spacial score (nSPS) is 12.1. The number of carbonyl (C=O) groups is 1. The summed E-state index contributed by atoms with van der Waals surface area (Å²) in [6.45, 7) is 6.55. The molecule has 4 heteroatoms. The Balaban J connectivity index is 3.01. The predicted molar refractivity (Wildman–Crippen MR) is 78.7 cm³/mol. The zero-order valence-electron chi connectivity index (χ0n) is 12.5. The van der Waals surface area contributed by atoms with E-state index in [0.717, 1.165) is 22.6 Å². The van der Waals surface area contributed by atoms with E-state index in [4.69, 9.17) is 10.5 Å². The van der Waals surface area contributed by atoms with E-state index in [1.165, 1.54) is 0 Å². The Morgan fingerprint density at radius 2 is 1.95 bits per heavy atom. The van der Waals surface area contributed by atoms with Crippen molar-refractivity contribution in [2.24, 2.45) is 11.7 Å². The van der Waals surface area contributed by atoms with Crippen molar-refractivity contribution in [3.63, 3.8) is 0 Å². The SMILES string of the molecule is COc1cc(C)c(C)cc1N(C)C(=O)CC(C)CN. The fraction of sp³-hybridized carbons (Fsp3) is 0.533. The van der Waals surface area contributed by atoms with E-state index >= 15 is 0 Å². The minimum atomic E-state index is 0.0551. The third-order valence-electron chi connectivity index (χ3n) is 3.46. The fourth-order valence-electron chi connectivity index (χ4n) is 1.85. The van der Waals surface area contributed by atoms with Crippen molar-refractivity contribution in [2.45, 2.75) is 27.2 Å². The largest absolute Gasteiger partial charge is 0.495 e. The van der Waals surface area contributed by atoms with Crippen LogP contribution in [0, 0.1) is 19.8 Å². The van der Waals surface area contributed by atoms with Gasteiger partial charge in [-0.2, -0.15) is 0 Å². The molecule has 1 atom stereocenters. The Hall–Kier alpha value is -1.55. The van der Waals surface area contributed by atoms with Gasteiger partial charge in [-0.15, -0.1) is 0 Å². The zero-order chi connectivity index (χ0) is 14.6. The molecule has 1 unspecified atom stereocenters. The molecule has 19 heavy (non-hydrogen) atoms. The minimum absolute atomic E-state index is 0.0551. The van der Waals surface area contributed by atoms with Gasteiger partial charge in [0.15, 0.2) is 0 Å². The second-order valence-electron chi connectivity index (χ2n) is 5.11. The van der Waals surface area contributed by atoms with Gasteiger partial charge in [0.2, 0.25) is 5.91 Å². The number of benzene rings is 1. The first-order chi connectivity index (χ1) is 8.90. The van der Waals surface area contributed by atoms with Crippen LogP contribution in [0.2, 0.25) is 0 Å². The number of rotatable bonds is 5. The number of nitrogens with two attached hydrogens (primary N) is 1. The molecule has 0 saturated carbocycles. The molecule has 1 aromatic carbocycles. The van der Waals surface area contributed by atoms with Crippen molar-refractivity contribution < 1.29 is 9.53 Å². The standard InChI is InChI=1S/C15H24N2O2/c1-10(9-16)6-15(18)17(4)13-7-11(2)12(3)8-14(13)19-5/h7-8,10H,6,9,16H2,1-5H3. The third kappa shape index (κ3) is 3.70. The third-order valence-corrected chi connectivity index (χ3v) is 3.46. The summed E-state index contributed by atoms with van der Waals surface area (Å²) in [4.78, 5) is 13.8. The number of carbonyl (C=O) groups excluding carboxylic acids is 1. The molecule has 0 aliphatic carbocycles. The minimum Gasteiger partial charge on any atom is -0.495 e. The van der Waals surface area contributed by atoms with E-state index in [9.17, 15) is 4.79 Å². The molecule has 0 aromatic heterocycles. The number of nitrogens with zero attached hydrogens (tertiary/aromatic N) is 1. The molecule has 1 rings (SSSR count). The second kappa shape index (κ2) is 6.57. The number of ether oxygens (including phenoxy) is 1. The van der Waals surface area contributed by atoms with Gasteiger partial charge in [0.25, 0.3) is 0 Å². The van der Waals surface area contributed by atoms with Crippen LogP contribution in [-0.2, 0) is 4.79 Å². The van der Waals surface area contributed by atoms with Crippen LogP contribution in [0.5, 0.6) is 5.75 Å². The van der Waals surface area contributed by atoms with Crippen LogP contribution >= 0.6 is 0 Å². The highest BCUT2D eigenvalue weighted by Gasteiger charge is 2.18. The Morgan fingerprint density at radius 1 is 1.37 bits per heavy atom. The molecule has 0 bridgehead atoms. The average Bonchev–Trinajstić information content (AvgIpc) is 2.40. The van der Waals surface area contributed by atoms with Crippen molar-refractivity contribution in [1.29, 1.82) is 0 Å². The van der Waals surface area contributed by atoms with Gasteiger partial charge in [-0.3, -0.25) is 4.79 Å². The van der Waals surface area contributed by atoms with Gasteiger partial charge in [-0.1, -0.05) is 6.92 Å². The van der Waals surface area contributed by atoms with E-state index in [1.54, 1.807) is 19.1 Å². The van der Waals surface area contributed by atoms with E-state index in [0.29, 0.717) is 13.0 Å². The first-order valence-corrected chi connectivity index (χ1v) is 6.52. The monoisotopic (exact) mass is 264 g/mol. The maximum Gasteiger partial charge on any atom is 0.227 e. The Kier molecular flexibility index (Phi) is 5.36. The molecule has 0 saturated heterocycles. The molecule has 1 amide bonds. The van der Waals surface area contributed by atoms with Crippen LogP contribution in [0.25, 0.3) is 0 Å². The maximum absolute atomic E-state index is 12.2. The summed E-state index contributed by atoms with van der Waals surface area (Å²) in [5.74, 6) is 0.964. The Morgan fingerprint density at radius 3 is 2.47 bits per heavy atom. The molecular formula is C15H24N2O2. The molecule has 0 fully saturated rings. The van der Waals surface area contributed by atoms with Gasteiger partial charge in [0, 0.05) is 13.5 Å². The summed E-state index contributed by atoms with van der Waals surface area (Å²) in [6, 6.07) is 3.94. The van der Waals surface area contributed by atoms with Crippen LogP contribution in [0.1, 0.15) is 24.5 Å². The molecule has 0 aliphatic heterocycles. The summed E-state index contributed by atoms with van der Waals surface area (Å²) in [5, 5.41) is 0. The molecule has 0 heterocycles. The first kappa shape index (κ1) is 15.5. The topological polar surface area (TPSA) is 55.6 Å². The van der Waals surface area contributed by atoms with Crippen LogP contribution in [0.3, 0.4) is 0 Å². The van der Waals surface area contributed by atoms with Crippen molar-refractivity contribution >= 4 is 11.6 Å². The number of methoxy groups -OCH3 is 1. The van der Waals surface area contributed by atoms with Gasteiger partial charge < -0.3 is 15.4 Å². The van der Waals surface area contributed by atoms with Gasteiger partial charge in [0.1, 0.15) is 5.75 Å².